The molecule has 0 aliphatic heterocycles. The van der Waals surface area contributed by atoms with Crippen LogP contribution in [0.4, 0.5) is 13.2 Å². The zero-order valence-electron chi connectivity index (χ0n) is 16.5. The fourth-order valence-electron chi connectivity index (χ4n) is 3.12. The van der Waals surface area contributed by atoms with Gasteiger partial charge < -0.3 is 10.4 Å². The predicted octanol–water partition coefficient (Wildman–Crippen LogP) is 6.85. The molecule has 0 radical (unpaired) electrons. The quantitative estimate of drug-likeness (QED) is 0.387. The lowest BCUT2D eigenvalue weighted by molar-refractivity contribution is -0.137. The van der Waals surface area contributed by atoms with Gasteiger partial charge in [-0.25, -0.2) is 4.79 Å². The highest BCUT2D eigenvalue weighted by Crippen LogP contribution is 2.39. The lowest BCUT2D eigenvalue weighted by atomic mass is 10.0. The van der Waals surface area contributed by atoms with E-state index in [1.807, 2.05) is 0 Å². The summed E-state index contributed by atoms with van der Waals surface area (Å²) in [4.78, 5) is 23.9. The third-order valence-electron chi connectivity index (χ3n) is 4.78. The Kier molecular flexibility index (Phi) is 7.17. The predicted molar refractivity (Wildman–Crippen MR) is 118 cm³/mol. The second kappa shape index (κ2) is 9.52. The van der Waals surface area contributed by atoms with E-state index in [2.05, 4.69) is 5.32 Å². The van der Waals surface area contributed by atoms with Gasteiger partial charge in [0.05, 0.1) is 27.1 Å². The van der Waals surface area contributed by atoms with Crippen LogP contribution in [0.2, 0.25) is 8.67 Å². The first kappa shape index (κ1) is 24.1. The second-order valence-electron chi connectivity index (χ2n) is 7.00. The highest BCUT2D eigenvalue weighted by atomic mass is 35.5. The molecule has 0 saturated heterocycles. The molecule has 0 spiro atoms. The van der Waals surface area contributed by atoms with E-state index in [9.17, 15) is 22.8 Å². The molecule has 0 saturated carbocycles. The van der Waals surface area contributed by atoms with Gasteiger partial charge in [-0.3, -0.25) is 4.79 Å². The number of benzene rings is 2. The van der Waals surface area contributed by atoms with Crippen molar-refractivity contribution in [3.05, 3.63) is 90.6 Å². The summed E-state index contributed by atoms with van der Waals surface area (Å²) in [6, 6.07) is 10.3. The molecule has 1 amide bonds. The number of rotatable bonds is 6. The molecule has 2 N–H and O–H groups in total. The van der Waals surface area contributed by atoms with E-state index in [-0.39, 0.29) is 26.2 Å². The lowest BCUT2D eigenvalue weighted by Crippen LogP contribution is -2.27. The highest BCUT2D eigenvalue weighted by Gasteiger charge is 2.31. The Labute approximate surface area is 195 Å². The fourth-order valence-corrected chi connectivity index (χ4v) is 4.84. The molecule has 1 heterocycles. The van der Waals surface area contributed by atoms with Crippen molar-refractivity contribution in [2.45, 2.75) is 25.6 Å². The summed E-state index contributed by atoms with van der Waals surface area (Å²) in [6.45, 7) is 1.71. The van der Waals surface area contributed by atoms with Gasteiger partial charge in [0.2, 0.25) is 0 Å². The van der Waals surface area contributed by atoms with Crippen LogP contribution in [0.15, 0.2) is 48.5 Å². The summed E-state index contributed by atoms with van der Waals surface area (Å²) >= 11 is 13.4. The Morgan fingerprint density at radius 3 is 2.34 bits per heavy atom. The molecule has 0 bridgehead atoms. The zero-order chi connectivity index (χ0) is 23.6. The average molecular weight is 502 g/mol. The Hall–Kier alpha value is -2.55. The van der Waals surface area contributed by atoms with Crippen molar-refractivity contribution >= 4 is 46.4 Å². The monoisotopic (exact) mass is 501 g/mol. The van der Waals surface area contributed by atoms with Crippen LogP contribution in [-0.2, 0) is 12.6 Å². The normalized spacial score (nSPS) is 12.4. The van der Waals surface area contributed by atoms with Gasteiger partial charge in [0, 0.05) is 12.0 Å². The third kappa shape index (κ3) is 5.43. The van der Waals surface area contributed by atoms with Crippen molar-refractivity contribution in [3.8, 4) is 0 Å². The number of carboxylic acids is 1. The van der Waals surface area contributed by atoms with Gasteiger partial charge in [-0.05, 0) is 36.2 Å². The maximum atomic E-state index is 13.0. The molecule has 2 aromatic carbocycles. The van der Waals surface area contributed by atoms with Crippen LogP contribution >= 0.6 is 34.5 Å². The van der Waals surface area contributed by atoms with Gasteiger partial charge in [0.15, 0.2) is 0 Å². The van der Waals surface area contributed by atoms with E-state index in [0.29, 0.717) is 16.7 Å². The van der Waals surface area contributed by atoms with Gasteiger partial charge >= 0.3 is 12.1 Å². The van der Waals surface area contributed by atoms with Gasteiger partial charge in [0.1, 0.15) is 4.34 Å². The largest absolute Gasteiger partial charge is 0.478 e. The van der Waals surface area contributed by atoms with Crippen LogP contribution in [0, 0.1) is 0 Å². The van der Waals surface area contributed by atoms with Crippen molar-refractivity contribution in [1.29, 1.82) is 0 Å². The Morgan fingerprint density at radius 2 is 1.75 bits per heavy atom. The maximum absolute atomic E-state index is 13.0. The molecule has 1 atom stereocenters. The molecule has 3 rings (SSSR count). The molecule has 4 nitrogen and oxygen atoms in total. The first-order valence-corrected chi connectivity index (χ1v) is 10.8. The number of hydrogen-bond donors (Lipinski definition) is 2. The molecule has 1 aromatic heterocycles. The molecule has 0 fully saturated rings. The van der Waals surface area contributed by atoms with E-state index in [1.165, 1.54) is 24.3 Å². The maximum Gasteiger partial charge on any atom is 0.416 e. The van der Waals surface area contributed by atoms with Crippen LogP contribution in [0.5, 0.6) is 0 Å². The van der Waals surface area contributed by atoms with E-state index >= 15 is 0 Å². The number of aromatic carboxylic acids is 1. The highest BCUT2D eigenvalue weighted by molar-refractivity contribution is 7.20. The van der Waals surface area contributed by atoms with Crippen LogP contribution in [0.25, 0.3) is 0 Å². The minimum atomic E-state index is -4.49. The molecule has 0 aliphatic carbocycles. The molecular weight excluding hydrogens is 486 g/mol. The number of carbonyl (C=O) groups excluding carboxylic acids is 1. The molecule has 10 heteroatoms. The summed E-state index contributed by atoms with van der Waals surface area (Å²) in [5.41, 5.74) is 0.767. The number of hydrogen-bond acceptors (Lipinski definition) is 3. The minimum absolute atomic E-state index is 0.00356. The fraction of sp³-hybridized carbons (Fsp3) is 0.182. The first-order valence-electron chi connectivity index (χ1n) is 9.24. The summed E-state index contributed by atoms with van der Waals surface area (Å²) in [6.07, 6.45) is -4.49. The second-order valence-corrected chi connectivity index (χ2v) is 9.23. The van der Waals surface area contributed by atoms with E-state index < -0.39 is 29.7 Å². The van der Waals surface area contributed by atoms with Crippen molar-refractivity contribution < 1.29 is 27.9 Å². The Morgan fingerprint density at radius 1 is 1.09 bits per heavy atom. The van der Waals surface area contributed by atoms with Crippen molar-refractivity contribution in [3.63, 3.8) is 0 Å². The van der Waals surface area contributed by atoms with Gasteiger partial charge in [-0.15, -0.1) is 11.3 Å². The molecular formula is C22H16Cl2F3NO3S. The van der Waals surface area contributed by atoms with Crippen LogP contribution < -0.4 is 5.32 Å². The van der Waals surface area contributed by atoms with Gasteiger partial charge in [-0.2, -0.15) is 13.2 Å². The van der Waals surface area contributed by atoms with E-state index in [4.69, 9.17) is 28.3 Å². The zero-order valence-corrected chi connectivity index (χ0v) is 18.8. The smallest absolute Gasteiger partial charge is 0.416 e. The molecule has 32 heavy (non-hydrogen) atoms. The number of alkyl halides is 3. The molecule has 0 unspecified atom stereocenters. The van der Waals surface area contributed by atoms with Gasteiger partial charge in [0.25, 0.3) is 5.91 Å². The number of carbonyl (C=O) groups is 2. The van der Waals surface area contributed by atoms with E-state index in [0.717, 1.165) is 23.5 Å². The minimum Gasteiger partial charge on any atom is -0.478 e. The first-order chi connectivity index (χ1) is 15.0. The summed E-state index contributed by atoms with van der Waals surface area (Å²) < 4.78 is 39.4. The third-order valence-corrected chi connectivity index (χ3v) is 6.47. The number of carboxylic acid groups (broad SMARTS) is 1. The average Bonchev–Trinajstić information content (AvgIpc) is 3.00. The summed E-state index contributed by atoms with van der Waals surface area (Å²) in [7, 11) is 0. The van der Waals surface area contributed by atoms with Crippen molar-refractivity contribution in [1.82, 2.24) is 5.32 Å². The van der Waals surface area contributed by atoms with Crippen LogP contribution in [0.1, 0.15) is 55.9 Å². The van der Waals surface area contributed by atoms with E-state index in [1.54, 1.807) is 19.1 Å². The summed E-state index contributed by atoms with van der Waals surface area (Å²) in [5.74, 6) is -1.60. The molecule has 3 aromatic rings. The SMILES string of the molecule is C[C@H](NC(=O)c1c(Cl)sc(Cl)c1Cc1cccc(C(F)(F)F)c1)c1ccc(C(=O)O)cc1. The molecule has 0 aliphatic rings. The number of halogens is 5. The molecule has 168 valence electrons. The Bertz CT molecular complexity index is 1160. The number of nitrogens with one attached hydrogen (secondary N) is 1. The summed E-state index contributed by atoms with van der Waals surface area (Å²) in [5, 5.41) is 11.8. The lowest BCUT2D eigenvalue weighted by Gasteiger charge is -2.16. The van der Waals surface area contributed by atoms with Crippen LogP contribution in [-0.4, -0.2) is 17.0 Å². The van der Waals surface area contributed by atoms with Crippen molar-refractivity contribution in [2.75, 3.05) is 0 Å². The Balaban J connectivity index is 1.84. The van der Waals surface area contributed by atoms with Crippen molar-refractivity contribution in [2.24, 2.45) is 0 Å². The standard InChI is InChI=1S/C22H16Cl2F3NO3S/c1-11(13-5-7-14(8-6-13)21(30)31)28-20(29)17-16(18(23)32-19(17)24)10-12-3-2-4-15(9-12)22(25,26)27/h2-9,11H,10H2,1H3,(H,28,29)(H,30,31)/t11-/m0/s1. The van der Waals surface area contributed by atoms with Gasteiger partial charge in [-0.1, -0.05) is 53.5 Å². The topological polar surface area (TPSA) is 66.4 Å². The number of thiophene rings is 1. The van der Waals surface area contributed by atoms with Crippen LogP contribution in [0.3, 0.4) is 0 Å². The number of amides is 1.